The van der Waals surface area contributed by atoms with E-state index < -0.39 is 0 Å². The van der Waals surface area contributed by atoms with E-state index in [0.717, 1.165) is 27.7 Å². The smallest absolute Gasteiger partial charge is 0.280 e. The van der Waals surface area contributed by atoms with Crippen LogP contribution in [-0.2, 0) is 0 Å². The molecule has 0 aliphatic carbocycles. The maximum atomic E-state index is 12.9. The maximum Gasteiger partial charge on any atom is 0.280 e. The number of hydrogen-bond donors (Lipinski definition) is 0. The van der Waals surface area contributed by atoms with E-state index in [4.69, 9.17) is 0 Å². The highest BCUT2D eigenvalue weighted by Crippen LogP contribution is 2.31. The first-order valence-corrected chi connectivity index (χ1v) is 9.44. The van der Waals surface area contributed by atoms with Gasteiger partial charge in [0.2, 0.25) is 0 Å². The Kier molecular flexibility index (Phi) is 7.45. The minimum atomic E-state index is -0.176. The van der Waals surface area contributed by atoms with Gasteiger partial charge in [0.05, 0.1) is 16.4 Å². The molecular formula is C17H19BrClN5OS. The molecule has 1 aromatic carbocycles. The molecule has 3 aromatic rings. The van der Waals surface area contributed by atoms with Gasteiger partial charge in [-0.25, -0.2) is 9.97 Å². The molecule has 0 N–H and O–H groups in total. The molecule has 0 fully saturated rings. The molecule has 1 amide bonds. The summed E-state index contributed by atoms with van der Waals surface area (Å²) < 4.78 is 2.03. The number of thiazole rings is 1. The van der Waals surface area contributed by atoms with Crippen LogP contribution in [0.3, 0.4) is 0 Å². The summed E-state index contributed by atoms with van der Waals surface area (Å²) in [5.41, 5.74) is 1.21. The Morgan fingerprint density at radius 2 is 2.04 bits per heavy atom. The molecule has 0 spiro atoms. The van der Waals surface area contributed by atoms with Crippen molar-refractivity contribution in [1.29, 1.82) is 0 Å². The van der Waals surface area contributed by atoms with Crippen molar-refractivity contribution in [2.24, 2.45) is 0 Å². The summed E-state index contributed by atoms with van der Waals surface area (Å²) in [6.07, 6.45) is 5.42. The molecule has 26 heavy (non-hydrogen) atoms. The molecule has 0 radical (unpaired) electrons. The number of nitrogens with zero attached hydrogens (tertiary/aromatic N) is 5. The van der Waals surface area contributed by atoms with Crippen LogP contribution in [-0.4, -0.2) is 52.9 Å². The van der Waals surface area contributed by atoms with Gasteiger partial charge in [0.1, 0.15) is 5.69 Å². The standard InChI is InChI=1S/C17H18BrN5OS.ClH/c1-22(2)8-3-9-23(16(24)14-11-19-6-7-20-14)17-21-13-5-4-12(18)10-15(13)25-17;/h4-7,10-11H,3,8-9H2,1-2H3;1H. The average molecular weight is 457 g/mol. The van der Waals surface area contributed by atoms with Crippen molar-refractivity contribution in [3.63, 3.8) is 0 Å². The Morgan fingerprint density at radius 3 is 2.73 bits per heavy atom. The lowest BCUT2D eigenvalue weighted by molar-refractivity contribution is 0.0981. The zero-order chi connectivity index (χ0) is 17.8. The van der Waals surface area contributed by atoms with E-state index in [1.807, 2.05) is 32.3 Å². The summed E-state index contributed by atoms with van der Waals surface area (Å²) >= 11 is 4.98. The molecule has 3 rings (SSSR count). The summed E-state index contributed by atoms with van der Waals surface area (Å²) in [4.78, 5) is 29.5. The molecule has 9 heteroatoms. The number of hydrogen-bond acceptors (Lipinski definition) is 6. The van der Waals surface area contributed by atoms with E-state index in [-0.39, 0.29) is 18.3 Å². The number of carbonyl (C=O) groups excluding carboxylic acids is 1. The minimum absolute atomic E-state index is 0. The number of halogens is 2. The number of aromatic nitrogens is 3. The molecule has 0 atom stereocenters. The normalized spacial score (nSPS) is 10.8. The maximum absolute atomic E-state index is 12.9. The third-order valence-electron chi connectivity index (χ3n) is 3.58. The van der Waals surface area contributed by atoms with Gasteiger partial charge in [-0.2, -0.15) is 0 Å². The highest BCUT2D eigenvalue weighted by atomic mass is 79.9. The van der Waals surface area contributed by atoms with Crippen LogP contribution in [0.25, 0.3) is 10.2 Å². The average Bonchev–Trinajstić information content (AvgIpc) is 3.01. The summed E-state index contributed by atoms with van der Waals surface area (Å²) in [5.74, 6) is -0.176. The SMILES string of the molecule is CN(C)CCCN(C(=O)c1cnccn1)c1nc2ccc(Br)cc2s1.Cl. The molecule has 0 saturated carbocycles. The number of carbonyl (C=O) groups is 1. The summed E-state index contributed by atoms with van der Waals surface area (Å²) in [6.45, 7) is 1.47. The van der Waals surface area contributed by atoms with Gasteiger partial charge in [-0.3, -0.25) is 14.7 Å². The minimum Gasteiger partial charge on any atom is -0.309 e. The fraction of sp³-hybridized carbons (Fsp3) is 0.294. The van der Waals surface area contributed by atoms with Crippen LogP contribution < -0.4 is 4.90 Å². The third kappa shape index (κ3) is 4.97. The molecule has 0 unspecified atom stereocenters. The number of rotatable bonds is 6. The predicted molar refractivity (Wildman–Crippen MR) is 111 cm³/mol. The molecule has 2 aromatic heterocycles. The highest BCUT2D eigenvalue weighted by molar-refractivity contribution is 9.10. The fourth-order valence-electron chi connectivity index (χ4n) is 2.38. The Bertz CT molecular complexity index is 874. The Labute approximate surface area is 170 Å². The second kappa shape index (κ2) is 9.36. The van der Waals surface area contributed by atoms with Crippen LogP contribution in [0.1, 0.15) is 16.9 Å². The lowest BCUT2D eigenvalue weighted by Crippen LogP contribution is -2.34. The predicted octanol–water partition coefficient (Wildman–Crippen LogP) is 3.87. The molecule has 6 nitrogen and oxygen atoms in total. The summed E-state index contributed by atoms with van der Waals surface area (Å²) in [6, 6.07) is 5.91. The lowest BCUT2D eigenvalue weighted by Gasteiger charge is -2.20. The van der Waals surface area contributed by atoms with Gasteiger partial charge in [-0.15, -0.1) is 12.4 Å². The quantitative estimate of drug-likeness (QED) is 0.563. The van der Waals surface area contributed by atoms with Crippen molar-refractivity contribution in [3.8, 4) is 0 Å². The van der Waals surface area contributed by atoms with E-state index in [0.29, 0.717) is 17.4 Å². The van der Waals surface area contributed by atoms with Gasteiger partial charge < -0.3 is 4.90 Å². The van der Waals surface area contributed by atoms with Crippen molar-refractivity contribution in [2.45, 2.75) is 6.42 Å². The van der Waals surface area contributed by atoms with Crippen molar-refractivity contribution < 1.29 is 4.79 Å². The number of anilines is 1. The molecule has 0 bridgehead atoms. The van der Waals surface area contributed by atoms with Crippen molar-refractivity contribution in [1.82, 2.24) is 19.9 Å². The molecule has 2 heterocycles. The number of benzene rings is 1. The van der Waals surface area contributed by atoms with Gasteiger partial charge in [0, 0.05) is 23.4 Å². The van der Waals surface area contributed by atoms with Gasteiger partial charge in [-0.1, -0.05) is 27.3 Å². The zero-order valence-electron chi connectivity index (χ0n) is 14.4. The summed E-state index contributed by atoms with van der Waals surface area (Å²) in [7, 11) is 4.04. The Hall–Kier alpha value is -1.61. The van der Waals surface area contributed by atoms with Gasteiger partial charge in [-0.05, 0) is 45.3 Å². The van der Waals surface area contributed by atoms with Crippen LogP contribution in [0.15, 0.2) is 41.3 Å². The van der Waals surface area contributed by atoms with Gasteiger partial charge in [0.25, 0.3) is 5.91 Å². The lowest BCUT2D eigenvalue weighted by atomic mass is 10.3. The first kappa shape index (κ1) is 20.7. The fourth-order valence-corrected chi connectivity index (χ4v) is 3.92. The van der Waals surface area contributed by atoms with Crippen molar-refractivity contribution in [2.75, 3.05) is 32.1 Å². The molecule has 0 aliphatic rings. The molecule has 0 aliphatic heterocycles. The number of amides is 1. The second-order valence-electron chi connectivity index (χ2n) is 5.81. The number of fused-ring (bicyclic) bond motifs is 1. The van der Waals surface area contributed by atoms with Crippen LogP contribution in [0, 0.1) is 0 Å². The summed E-state index contributed by atoms with van der Waals surface area (Å²) in [5, 5.41) is 0.683. The Morgan fingerprint density at radius 1 is 1.23 bits per heavy atom. The molecular weight excluding hydrogens is 438 g/mol. The van der Waals surface area contributed by atoms with E-state index in [1.54, 1.807) is 11.1 Å². The van der Waals surface area contributed by atoms with E-state index in [1.165, 1.54) is 23.7 Å². The third-order valence-corrected chi connectivity index (χ3v) is 5.12. The topological polar surface area (TPSA) is 62.2 Å². The van der Waals surface area contributed by atoms with Crippen LogP contribution in [0.5, 0.6) is 0 Å². The van der Waals surface area contributed by atoms with Crippen LogP contribution in [0.2, 0.25) is 0 Å². The second-order valence-corrected chi connectivity index (χ2v) is 7.74. The monoisotopic (exact) mass is 455 g/mol. The molecule has 0 saturated heterocycles. The Balaban J connectivity index is 0.00000243. The van der Waals surface area contributed by atoms with E-state index in [2.05, 4.69) is 35.8 Å². The zero-order valence-corrected chi connectivity index (χ0v) is 17.6. The van der Waals surface area contributed by atoms with Crippen LogP contribution in [0.4, 0.5) is 5.13 Å². The van der Waals surface area contributed by atoms with Crippen molar-refractivity contribution >= 4 is 60.9 Å². The highest BCUT2D eigenvalue weighted by Gasteiger charge is 2.22. The van der Waals surface area contributed by atoms with Crippen molar-refractivity contribution in [3.05, 3.63) is 47.0 Å². The first-order chi connectivity index (χ1) is 12.0. The largest absolute Gasteiger partial charge is 0.309 e. The van der Waals surface area contributed by atoms with Crippen LogP contribution >= 0.6 is 39.7 Å². The van der Waals surface area contributed by atoms with E-state index >= 15 is 0 Å². The van der Waals surface area contributed by atoms with E-state index in [9.17, 15) is 4.79 Å². The first-order valence-electron chi connectivity index (χ1n) is 7.83. The molecule has 138 valence electrons. The van der Waals surface area contributed by atoms with Gasteiger partial charge >= 0.3 is 0 Å². The van der Waals surface area contributed by atoms with Gasteiger partial charge in [0.15, 0.2) is 5.13 Å².